The van der Waals surface area contributed by atoms with E-state index in [1.807, 2.05) is 0 Å². The van der Waals surface area contributed by atoms with Crippen molar-refractivity contribution >= 4 is 0 Å². The molecule has 0 radical (unpaired) electrons. The van der Waals surface area contributed by atoms with Crippen LogP contribution >= 0.6 is 0 Å². The van der Waals surface area contributed by atoms with Gasteiger partial charge in [-0.3, -0.25) is 0 Å². The standard InChI is InChI=1S/C24H36O3/c1-23-12-11-21-19(20(23)8-9-22(23)26)7-6-16-14-18(10-13-24(16,21)15-25)27-17-4-2-3-5-17/h4,6,18-22,25-26H,2-3,5,7-15H2,1H3/t18?,19-,20-,21+,22?,23-,24+/m0/s1. The summed E-state index contributed by atoms with van der Waals surface area (Å²) in [5.74, 6) is 3.08. The number of aliphatic hydroxyl groups is 2. The highest BCUT2D eigenvalue weighted by Crippen LogP contribution is 2.65. The Hall–Kier alpha value is -0.800. The number of fused-ring (bicyclic) bond motifs is 5. The molecular weight excluding hydrogens is 336 g/mol. The number of ether oxygens (including phenoxy) is 1. The highest BCUT2D eigenvalue weighted by Gasteiger charge is 2.59. The zero-order chi connectivity index (χ0) is 18.6. The molecule has 0 aromatic rings. The van der Waals surface area contributed by atoms with E-state index < -0.39 is 0 Å². The Labute approximate surface area is 163 Å². The molecule has 2 unspecified atom stereocenters. The summed E-state index contributed by atoms with van der Waals surface area (Å²) in [5.41, 5.74) is 1.59. The first-order valence-electron chi connectivity index (χ1n) is 11.4. The minimum absolute atomic E-state index is 0.0122. The number of hydrogen-bond donors (Lipinski definition) is 2. The first-order valence-corrected chi connectivity index (χ1v) is 11.4. The average Bonchev–Trinajstić information content (AvgIpc) is 3.29. The molecule has 5 aliphatic rings. The number of hydrogen-bond acceptors (Lipinski definition) is 3. The topological polar surface area (TPSA) is 49.7 Å². The third-order valence-electron chi connectivity index (χ3n) is 9.33. The monoisotopic (exact) mass is 372 g/mol. The maximum absolute atomic E-state index is 10.6. The number of rotatable bonds is 3. The smallest absolute Gasteiger partial charge is 0.102 e. The van der Waals surface area contributed by atoms with E-state index in [0.717, 1.165) is 44.9 Å². The van der Waals surface area contributed by atoms with Crippen molar-refractivity contribution in [3.63, 3.8) is 0 Å². The molecular formula is C24H36O3. The van der Waals surface area contributed by atoms with E-state index in [0.29, 0.717) is 30.5 Å². The van der Waals surface area contributed by atoms with Crippen molar-refractivity contribution < 1.29 is 14.9 Å². The molecule has 150 valence electrons. The van der Waals surface area contributed by atoms with E-state index >= 15 is 0 Å². The summed E-state index contributed by atoms with van der Waals surface area (Å²) in [6.07, 6.45) is 17.2. The third-order valence-corrected chi connectivity index (χ3v) is 9.33. The molecule has 0 heterocycles. The molecule has 27 heavy (non-hydrogen) atoms. The second-order valence-corrected chi connectivity index (χ2v) is 10.3. The SMILES string of the molecule is C[C@]12CC[C@@H]3[C@@H](CC=C4CC(OC5=CCCC5)CC[C@@]43CO)[C@@H]1CCC2O. The van der Waals surface area contributed by atoms with Gasteiger partial charge < -0.3 is 14.9 Å². The van der Waals surface area contributed by atoms with Crippen molar-refractivity contribution in [2.75, 3.05) is 6.61 Å². The Morgan fingerprint density at radius 1 is 1.11 bits per heavy atom. The van der Waals surface area contributed by atoms with Crippen LogP contribution in [0.15, 0.2) is 23.5 Å². The molecule has 3 saturated carbocycles. The van der Waals surface area contributed by atoms with Crippen molar-refractivity contribution in [2.24, 2.45) is 28.6 Å². The van der Waals surface area contributed by atoms with Gasteiger partial charge in [-0.05, 0) is 87.0 Å². The minimum atomic E-state index is -0.122. The molecule has 2 N–H and O–H groups in total. The first kappa shape index (κ1) is 18.2. The van der Waals surface area contributed by atoms with Crippen LogP contribution in [0.5, 0.6) is 0 Å². The molecule has 0 aliphatic heterocycles. The molecule has 0 spiro atoms. The van der Waals surface area contributed by atoms with Gasteiger partial charge in [-0.2, -0.15) is 0 Å². The fourth-order valence-corrected chi connectivity index (χ4v) is 7.75. The molecule has 0 aromatic carbocycles. The van der Waals surface area contributed by atoms with E-state index in [9.17, 15) is 10.2 Å². The quantitative estimate of drug-likeness (QED) is 0.704. The van der Waals surface area contributed by atoms with Crippen LogP contribution in [0.2, 0.25) is 0 Å². The van der Waals surface area contributed by atoms with Gasteiger partial charge in [0.2, 0.25) is 0 Å². The van der Waals surface area contributed by atoms with E-state index in [1.165, 1.54) is 37.0 Å². The second kappa shape index (κ2) is 6.62. The Bertz CT molecular complexity index is 652. The van der Waals surface area contributed by atoms with Crippen molar-refractivity contribution in [1.82, 2.24) is 0 Å². The molecule has 0 saturated heterocycles. The van der Waals surface area contributed by atoms with Crippen molar-refractivity contribution in [3.05, 3.63) is 23.5 Å². The lowest BCUT2D eigenvalue weighted by Crippen LogP contribution is -2.53. The van der Waals surface area contributed by atoms with E-state index in [2.05, 4.69) is 19.1 Å². The lowest BCUT2D eigenvalue weighted by molar-refractivity contribution is -0.0904. The van der Waals surface area contributed by atoms with Gasteiger partial charge in [0.05, 0.1) is 18.5 Å². The molecule has 3 fully saturated rings. The molecule has 0 amide bonds. The summed E-state index contributed by atoms with van der Waals surface area (Å²) < 4.78 is 6.33. The second-order valence-electron chi connectivity index (χ2n) is 10.3. The predicted molar refractivity (Wildman–Crippen MR) is 106 cm³/mol. The molecule has 3 heteroatoms. The molecule has 0 bridgehead atoms. The van der Waals surface area contributed by atoms with Crippen LogP contribution in [0.25, 0.3) is 0 Å². The zero-order valence-electron chi connectivity index (χ0n) is 16.8. The summed E-state index contributed by atoms with van der Waals surface area (Å²) >= 11 is 0. The average molecular weight is 373 g/mol. The first-order chi connectivity index (χ1) is 13.1. The van der Waals surface area contributed by atoms with E-state index in [1.54, 1.807) is 0 Å². The molecule has 5 aliphatic carbocycles. The predicted octanol–water partition coefficient (Wildman–Crippen LogP) is 4.74. The van der Waals surface area contributed by atoms with Crippen molar-refractivity contribution in [3.8, 4) is 0 Å². The Balaban J connectivity index is 1.39. The van der Waals surface area contributed by atoms with Crippen molar-refractivity contribution in [1.29, 1.82) is 0 Å². The zero-order valence-corrected chi connectivity index (χ0v) is 16.8. The van der Waals surface area contributed by atoms with Crippen LogP contribution in [0.1, 0.15) is 77.6 Å². The largest absolute Gasteiger partial charge is 0.495 e. The molecule has 5 rings (SSSR count). The van der Waals surface area contributed by atoms with Crippen LogP contribution < -0.4 is 0 Å². The molecule has 3 nitrogen and oxygen atoms in total. The summed E-state index contributed by atoms with van der Waals surface area (Å²) in [6, 6.07) is 0. The number of allylic oxidation sites excluding steroid dienone is 3. The maximum atomic E-state index is 10.6. The lowest BCUT2D eigenvalue weighted by Gasteiger charge is -2.58. The van der Waals surface area contributed by atoms with Gasteiger partial charge in [-0.25, -0.2) is 0 Å². The minimum Gasteiger partial charge on any atom is -0.495 e. The van der Waals surface area contributed by atoms with Crippen LogP contribution in [0, 0.1) is 28.6 Å². The van der Waals surface area contributed by atoms with Gasteiger partial charge in [0.15, 0.2) is 0 Å². The highest BCUT2D eigenvalue weighted by atomic mass is 16.5. The summed E-state index contributed by atoms with van der Waals surface area (Å²) in [4.78, 5) is 0. The Morgan fingerprint density at radius 3 is 2.78 bits per heavy atom. The molecule has 7 atom stereocenters. The van der Waals surface area contributed by atoms with Gasteiger partial charge in [0.1, 0.15) is 6.10 Å². The lowest BCUT2D eigenvalue weighted by atomic mass is 9.47. The van der Waals surface area contributed by atoms with Gasteiger partial charge in [0, 0.05) is 18.3 Å². The fourth-order valence-electron chi connectivity index (χ4n) is 7.75. The van der Waals surface area contributed by atoms with Gasteiger partial charge >= 0.3 is 0 Å². The van der Waals surface area contributed by atoms with Gasteiger partial charge in [-0.15, -0.1) is 0 Å². The fraction of sp³-hybridized carbons (Fsp3) is 0.833. The highest BCUT2D eigenvalue weighted by molar-refractivity contribution is 5.27. The van der Waals surface area contributed by atoms with Crippen LogP contribution in [0.4, 0.5) is 0 Å². The normalized spacial score (nSPS) is 48.9. The van der Waals surface area contributed by atoms with E-state index in [4.69, 9.17) is 4.74 Å². The maximum Gasteiger partial charge on any atom is 0.102 e. The van der Waals surface area contributed by atoms with Gasteiger partial charge in [-0.1, -0.05) is 18.6 Å². The van der Waals surface area contributed by atoms with E-state index in [-0.39, 0.29) is 16.9 Å². The Kier molecular flexibility index (Phi) is 4.48. The van der Waals surface area contributed by atoms with Crippen LogP contribution in [-0.2, 0) is 4.74 Å². The third kappa shape index (κ3) is 2.68. The van der Waals surface area contributed by atoms with Crippen molar-refractivity contribution in [2.45, 2.75) is 89.8 Å². The summed E-state index contributed by atoms with van der Waals surface area (Å²) in [5, 5.41) is 21.2. The summed E-state index contributed by atoms with van der Waals surface area (Å²) in [6.45, 7) is 2.62. The van der Waals surface area contributed by atoms with Crippen LogP contribution in [-0.4, -0.2) is 29.0 Å². The number of aliphatic hydroxyl groups excluding tert-OH is 2. The Morgan fingerprint density at radius 2 is 2.00 bits per heavy atom. The summed E-state index contributed by atoms with van der Waals surface area (Å²) in [7, 11) is 0. The van der Waals surface area contributed by atoms with Crippen LogP contribution in [0.3, 0.4) is 0 Å². The molecule has 0 aromatic heterocycles. The van der Waals surface area contributed by atoms with Gasteiger partial charge in [0.25, 0.3) is 0 Å².